The quantitative estimate of drug-likeness (QED) is 0.867. The molecule has 0 aliphatic carbocycles. The van der Waals surface area contributed by atoms with Gasteiger partial charge in [0.2, 0.25) is 11.8 Å². The summed E-state index contributed by atoms with van der Waals surface area (Å²) in [7, 11) is 1.62. The highest BCUT2D eigenvalue weighted by molar-refractivity contribution is 8.00. The molecule has 124 valence electrons. The van der Waals surface area contributed by atoms with Gasteiger partial charge in [-0.15, -0.1) is 11.8 Å². The number of carbonyl (C=O) groups excluding carboxylic acids is 2. The number of hydrogen-bond acceptors (Lipinski definition) is 4. The molecule has 2 aromatic rings. The first kappa shape index (κ1) is 16.4. The van der Waals surface area contributed by atoms with E-state index in [0.29, 0.717) is 5.69 Å². The van der Waals surface area contributed by atoms with Crippen LogP contribution in [0.25, 0.3) is 0 Å². The van der Waals surface area contributed by atoms with Gasteiger partial charge in [0, 0.05) is 4.90 Å². The number of amides is 2. The number of anilines is 2. The molecule has 5 nitrogen and oxygen atoms in total. The van der Waals surface area contributed by atoms with Gasteiger partial charge in [0.05, 0.1) is 23.7 Å². The van der Waals surface area contributed by atoms with Crippen LogP contribution in [0.2, 0.25) is 0 Å². The molecule has 3 rings (SSSR count). The third kappa shape index (κ3) is 3.38. The second-order valence-electron chi connectivity index (χ2n) is 5.43. The molecule has 6 heteroatoms. The number of thioether (sulfide) groups is 1. The molecule has 0 radical (unpaired) electrons. The Labute approximate surface area is 145 Å². The first-order chi connectivity index (χ1) is 11.6. The van der Waals surface area contributed by atoms with Crippen molar-refractivity contribution in [3.8, 4) is 5.75 Å². The van der Waals surface area contributed by atoms with E-state index in [1.54, 1.807) is 18.1 Å². The zero-order valence-corrected chi connectivity index (χ0v) is 14.3. The van der Waals surface area contributed by atoms with Crippen LogP contribution in [0.1, 0.15) is 6.92 Å². The highest BCUT2D eigenvalue weighted by atomic mass is 32.2. The number of methoxy groups -OCH3 is 1. The molecular formula is C18H18N2O3S. The molecular weight excluding hydrogens is 324 g/mol. The molecule has 0 bridgehead atoms. The fraction of sp³-hybridized carbons (Fsp3) is 0.222. The van der Waals surface area contributed by atoms with Crippen LogP contribution in [0.4, 0.5) is 11.4 Å². The minimum Gasteiger partial charge on any atom is -0.497 e. The summed E-state index contributed by atoms with van der Waals surface area (Å²) in [5.41, 5.74) is 1.41. The van der Waals surface area contributed by atoms with Gasteiger partial charge in [0.1, 0.15) is 12.3 Å². The summed E-state index contributed by atoms with van der Waals surface area (Å²) < 4.78 is 5.14. The van der Waals surface area contributed by atoms with Crippen LogP contribution in [0.3, 0.4) is 0 Å². The largest absolute Gasteiger partial charge is 0.497 e. The Bertz CT molecular complexity index is 761. The topological polar surface area (TPSA) is 58.6 Å². The van der Waals surface area contributed by atoms with Crippen molar-refractivity contribution in [2.75, 3.05) is 23.9 Å². The zero-order chi connectivity index (χ0) is 17.1. The Kier molecular flexibility index (Phi) is 4.76. The van der Waals surface area contributed by atoms with E-state index in [2.05, 4.69) is 5.32 Å². The van der Waals surface area contributed by atoms with Crippen LogP contribution in [0.15, 0.2) is 53.4 Å². The Morgan fingerprint density at radius 1 is 1.21 bits per heavy atom. The predicted octanol–water partition coefficient (Wildman–Crippen LogP) is 3.16. The third-order valence-corrected chi connectivity index (χ3v) is 4.86. The van der Waals surface area contributed by atoms with E-state index >= 15 is 0 Å². The van der Waals surface area contributed by atoms with E-state index < -0.39 is 0 Å². The van der Waals surface area contributed by atoms with Crippen molar-refractivity contribution < 1.29 is 14.3 Å². The lowest BCUT2D eigenvalue weighted by atomic mass is 10.2. The molecule has 0 saturated heterocycles. The zero-order valence-electron chi connectivity index (χ0n) is 13.5. The number of fused-ring (bicyclic) bond motifs is 1. The average molecular weight is 342 g/mol. The maximum Gasteiger partial charge on any atom is 0.244 e. The van der Waals surface area contributed by atoms with Crippen LogP contribution in [0.5, 0.6) is 5.75 Å². The van der Waals surface area contributed by atoms with E-state index in [-0.39, 0.29) is 23.6 Å². The van der Waals surface area contributed by atoms with Gasteiger partial charge in [-0.2, -0.15) is 0 Å². The molecule has 0 unspecified atom stereocenters. The van der Waals surface area contributed by atoms with Gasteiger partial charge >= 0.3 is 0 Å². The second kappa shape index (κ2) is 6.97. The minimum absolute atomic E-state index is 0.0450. The summed E-state index contributed by atoms with van der Waals surface area (Å²) >= 11 is 1.46. The minimum atomic E-state index is -0.308. The fourth-order valence-electron chi connectivity index (χ4n) is 2.56. The van der Waals surface area contributed by atoms with Gasteiger partial charge < -0.3 is 10.1 Å². The molecule has 0 spiro atoms. The molecule has 1 heterocycles. The van der Waals surface area contributed by atoms with Gasteiger partial charge in [-0.3, -0.25) is 14.5 Å². The molecule has 0 saturated carbocycles. The Hall–Kier alpha value is -2.47. The van der Waals surface area contributed by atoms with Crippen LogP contribution in [-0.4, -0.2) is 30.7 Å². The molecule has 1 N–H and O–H groups in total. The Balaban J connectivity index is 1.76. The van der Waals surface area contributed by atoms with Gasteiger partial charge in [-0.1, -0.05) is 12.1 Å². The van der Waals surface area contributed by atoms with Crippen molar-refractivity contribution in [1.29, 1.82) is 0 Å². The summed E-state index contributed by atoms with van der Waals surface area (Å²) in [6.45, 7) is 1.90. The van der Waals surface area contributed by atoms with Crippen molar-refractivity contribution in [1.82, 2.24) is 0 Å². The summed E-state index contributed by atoms with van der Waals surface area (Å²) in [6.07, 6.45) is 0. The highest BCUT2D eigenvalue weighted by Gasteiger charge is 2.29. The van der Waals surface area contributed by atoms with Gasteiger partial charge in [-0.25, -0.2) is 0 Å². The van der Waals surface area contributed by atoms with E-state index in [4.69, 9.17) is 4.74 Å². The van der Waals surface area contributed by atoms with Gasteiger partial charge in [-0.05, 0) is 43.3 Å². The SMILES string of the molecule is COc1ccc(S[C@@H](C)C(=O)N2CC(=O)Nc3ccccc32)cc1. The lowest BCUT2D eigenvalue weighted by Crippen LogP contribution is -2.45. The van der Waals surface area contributed by atoms with Crippen molar-refractivity contribution >= 4 is 35.0 Å². The predicted molar refractivity (Wildman–Crippen MR) is 95.7 cm³/mol. The molecule has 1 aliphatic rings. The van der Waals surface area contributed by atoms with E-state index in [9.17, 15) is 9.59 Å². The number of ether oxygens (including phenoxy) is 1. The lowest BCUT2D eigenvalue weighted by Gasteiger charge is -2.30. The fourth-order valence-corrected chi connectivity index (χ4v) is 3.49. The number of nitrogens with one attached hydrogen (secondary N) is 1. The molecule has 0 fully saturated rings. The Morgan fingerprint density at radius 3 is 2.62 bits per heavy atom. The standard InChI is InChI=1S/C18H18N2O3S/c1-12(24-14-9-7-13(23-2)8-10-14)18(22)20-11-17(21)19-15-5-3-4-6-16(15)20/h3-10,12H,11H2,1-2H3,(H,19,21)/t12-/m0/s1. The maximum absolute atomic E-state index is 12.8. The molecule has 24 heavy (non-hydrogen) atoms. The normalized spacial score (nSPS) is 14.6. The summed E-state index contributed by atoms with van der Waals surface area (Å²) in [5, 5.41) is 2.48. The smallest absolute Gasteiger partial charge is 0.244 e. The van der Waals surface area contributed by atoms with Gasteiger partial charge in [0.25, 0.3) is 0 Å². The van der Waals surface area contributed by atoms with Crippen LogP contribution >= 0.6 is 11.8 Å². The average Bonchev–Trinajstić information content (AvgIpc) is 2.61. The summed E-state index contributed by atoms with van der Waals surface area (Å²) in [6, 6.07) is 14.9. The molecule has 1 aliphatic heterocycles. The molecule has 2 amide bonds. The van der Waals surface area contributed by atoms with Crippen molar-refractivity contribution in [3.05, 3.63) is 48.5 Å². The number of nitrogens with zero attached hydrogens (tertiary/aromatic N) is 1. The molecule has 0 aromatic heterocycles. The van der Waals surface area contributed by atoms with Crippen LogP contribution in [-0.2, 0) is 9.59 Å². The van der Waals surface area contributed by atoms with E-state index in [0.717, 1.165) is 16.3 Å². The number of hydrogen-bond donors (Lipinski definition) is 1. The monoisotopic (exact) mass is 342 g/mol. The first-order valence-corrected chi connectivity index (χ1v) is 8.47. The Morgan fingerprint density at radius 2 is 1.92 bits per heavy atom. The molecule has 1 atom stereocenters. The maximum atomic E-state index is 12.8. The lowest BCUT2D eigenvalue weighted by molar-refractivity contribution is -0.121. The van der Waals surface area contributed by atoms with E-state index in [1.807, 2.05) is 49.4 Å². The summed E-state index contributed by atoms with van der Waals surface area (Å²) in [5.74, 6) is 0.516. The number of carbonyl (C=O) groups is 2. The number of para-hydroxylation sites is 2. The van der Waals surface area contributed by atoms with Crippen LogP contribution < -0.4 is 15.0 Å². The summed E-state index contributed by atoms with van der Waals surface area (Å²) in [4.78, 5) is 27.2. The number of benzene rings is 2. The first-order valence-electron chi connectivity index (χ1n) is 7.59. The van der Waals surface area contributed by atoms with Crippen molar-refractivity contribution in [3.63, 3.8) is 0 Å². The second-order valence-corrected chi connectivity index (χ2v) is 6.84. The highest BCUT2D eigenvalue weighted by Crippen LogP contribution is 2.32. The van der Waals surface area contributed by atoms with Gasteiger partial charge in [0.15, 0.2) is 0 Å². The van der Waals surface area contributed by atoms with Crippen molar-refractivity contribution in [2.24, 2.45) is 0 Å². The van der Waals surface area contributed by atoms with Crippen molar-refractivity contribution in [2.45, 2.75) is 17.1 Å². The third-order valence-electron chi connectivity index (χ3n) is 3.76. The molecule has 2 aromatic carbocycles. The van der Waals surface area contributed by atoms with Crippen LogP contribution in [0, 0.1) is 0 Å². The van der Waals surface area contributed by atoms with E-state index in [1.165, 1.54) is 11.8 Å². The number of rotatable bonds is 4.